The van der Waals surface area contributed by atoms with Gasteiger partial charge in [0.25, 0.3) is 5.91 Å². The van der Waals surface area contributed by atoms with Crippen molar-refractivity contribution < 1.29 is 28.2 Å². The molecule has 3 rings (SSSR count). The lowest BCUT2D eigenvalue weighted by Crippen LogP contribution is -2.43. The Labute approximate surface area is 167 Å². The van der Waals surface area contributed by atoms with Gasteiger partial charge in [0.15, 0.2) is 0 Å². The lowest BCUT2D eigenvalue weighted by molar-refractivity contribution is -0.132. The van der Waals surface area contributed by atoms with Gasteiger partial charge in [-0.05, 0) is 62.2 Å². The maximum atomic E-state index is 14.2. The lowest BCUT2D eigenvalue weighted by atomic mass is 9.91. The summed E-state index contributed by atoms with van der Waals surface area (Å²) in [6, 6.07) is 7.47. The number of carbonyl (C=O) groups is 2. The van der Waals surface area contributed by atoms with Gasteiger partial charge in [-0.2, -0.15) is 0 Å². The fourth-order valence-electron chi connectivity index (χ4n) is 3.40. The van der Waals surface area contributed by atoms with E-state index in [0.29, 0.717) is 5.75 Å². The fourth-order valence-corrected chi connectivity index (χ4v) is 3.40. The number of urea groups is 1. The van der Waals surface area contributed by atoms with E-state index in [0.717, 1.165) is 34.2 Å². The Bertz CT molecular complexity index is 945. The molecule has 154 valence electrons. The first-order valence-corrected chi connectivity index (χ1v) is 9.09. The zero-order valence-electron chi connectivity index (χ0n) is 16.3. The van der Waals surface area contributed by atoms with Crippen molar-refractivity contribution >= 4 is 11.9 Å². The highest BCUT2D eigenvalue weighted by atomic mass is 19.1. The molecule has 0 bridgehead atoms. The van der Waals surface area contributed by atoms with Crippen molar-refractivity contribution in [2.45, 2.75) is 32.4 Å². The van der Waals surface area contributed by atoms with E-state index in [-0.39, 0.29) is 18.7 Å². The minimum atomic E-state index is -1.77. The molecule has 0 aromatic heterocycles. The zero-order chi connectivity index (χ0) is 21.3. The van der Waals surface area contributed by atoms with Crippen LogP contribution in [0.5, 0.6) is 5.75 Å². The number of hydrogen-bond acceptors (Lipinski definition) is 4. The number of nitrogens with zero attached hydrogens (tertiary/aromatic N) is 1. The molecule has 1 fully saturated rings. The predicted octanol–water partition coefficient (Wildman–Crippen LogP) is 2.79. The van der Waals surface area contributed by atoms with E-state index in [2.05, 4.69) is 5.32 Å². The molecule has 8 heteroatoms. The zero-order valence-corrected chi connectivity index (χ0v) is 16.3. The molecule has 1 heterocycles. The molecule has 2 atom stereocenters. The Morgan fingerprint density at radius 1 is 1.14 bits per heavy atom. The molecule has 2 aromatic rings. The lowest BCUT2D eigenvalue weighted by Gasteiger charge is -2.23. The van der Waals surface area contributed by atoms with Crippen molar-refractivity contribution in [1.82, 2.24) is 10.2 Å². The van der Waals surface area contributed by atoms with E-state index >= 15 is 0 Å². The Hall–Kier alpha value is -3.00. The molecule has 1 aliphatic rings. The van der Waals surface area contributed by atoms with E-state index in [1.54, 1.807) is 12.1 Å². The van der Waals surface area contributed by atoms with Crippen molar-refractivity contribution in [1.29, 1.82) is 0 Å². The summed E-state index contributed by atoms with van der Waals surface area (Å²) in [5.41, 5.74) is -0.0513. The minimum Gasteiger partial charge on any atom is -0.491 e. The van der Waals surface area contributed by atoms with Crippen LogP contribution >= 0.6 is 0 Å². The Kier molecular flexibility index (Phi) is 5.57. The molecule has 2 aromatic carbocycles. The molecule has 0 unspecified atom stereocenters. The number of amides is 3. The van der Waals surface area contributed by atoms with Crippen LogP contribution in [-0.2, 0) is 10.3 Å². The van der Waals surface area contributed by atoms with Gasteiger partial charge in [-0.25, -0.2) is 13.6 Å². The summed E-state index contributed by atoms with van der Waals surface area (Å²) in [6.45, 7) is 4.63. The molecule has 0 saturated carbocycles. The first-order chi connectivity index (χ1) is 13.6. The standard InChI is InChI=1S/C21H22F2N2O4/c1-12-6-13(2)8-16(7-12)29-11-15(26)10-25-19(27)21(3,24-20(25)28)17-9-14(22)4-5-18(17)23/h4-9,15,26H,10-11H2,1-3H3,(H,24,28)/t15-,21-/m0/s1. The van der Waals surface area contributed by atoms with Crippen molar-refractivity contribution in [2.75, 3.05) is 13.2 Å². The van der Waals surface area contributed by atoms with Crippen LogP contribution in [0.25, 0.3) is 0 Å². The van der Waals surface area contributed by atoms with Gasteiger partial charge in [0.05, 0.1) is 6.54 Å². The van der Waals surface area contributed by atoms with Crippen LogP contribution in [0.1, 0.15) is 23.6 Å². The smallest absolute Gasteiger partial charge is 0.325 e. The summed E-state index contributed by atoms with van der Waals surface area (Å²) in [5, 5.41) is 12.6. The third-order valence-electron chi connectivity index (χ3n) is 4.77. The van der Waals surface area contributed by atoms with Crippen molar-refractivity contribution in [3.05, 3.63) is 64.7 Å². The third-order valence-corrected chi connectivity index (χ3v) is 4.77. The van der Waals surface area contributed by atoms with Crippen LogP contribution in [0, 0.1) is 25.5 Å². The van der Waals surface area contributed by atoms with Crippen LogP contribution in [0.15, 0.2) is 36.4 Å². The topological polar surface area (TPSA) is 78.9 Å². The first kappa shape index (κ1) is 20.7. The molecule has 1 saturated heterocycles. The molecule has 0 radical (unpaired) electrons. The number of benzene rings is 2. The van der Waals surface area contributed by atoms with E-state index in [1.807, 2.05) is 19.9 Å². The number of aliphatic hydroxyl groups is 1. The summed E-state index contributed by atoms with van der Waals surface area (Å²) in [6.07, 6.45) is -1.16. The van der Waals surface area contributed by atoms with Gasteiger partial charge in [-0.15, -0.1) is 0 Å². The second kappa shape index (κ2) is 7.79. The van der Waals surface area contributed by atoms with Crippen molar-refractivity contribution in [3.63, 3.8) is 0 Å². The number of imide groups is 1. The highest BCUT2D eigenvalue weighted by Gasteiger charge is 2.50. The summed E-state index contributed by atoms with van der Waals surface area (Å²) in [5.74, 6) is -1.77. The molecule has 1 aliphatic heterocycles. The quantitative estimate of drug-likeness (QED) is 0.726. The van der Waals surface area contributed by atoms with Gasteiger partial charge in [-0.3, -0.25) is 9.69 Å². The number of β-amino-alcohol motifs (C(OH)–C–C–N with tert-alkyl or cyclic N) is 1. The summed E-state index contributed by atoms with van der Waals surface area (Å²) in [7, 11) is 0. The third kappa shape index (κ3) is 4.22. The summed E-state index contributed by atoms with van der Waals surface area (Å²) >= 11 is 0. The number of rotatable bonds is 6. The van der Waals surface area contributed by atoms with E-state index in [1.165, 1.54) is 6.92 Å². The Morgan fingerprint density at radius 3 is 2.45 bits per heavy atom. The highest BCUT2D eigenvalue weighted by Crippen LogP contribution is 2.31. The maximum absolute atomic E-state index is 14.2. The number of aliphatic hydroxyl groups excluding tert-OH is 1. The number of halogens is 2. The fraction of sp³-hybridized carbons (Fsp3) is 0.333. The highest BCUT2D eigenvalue weighted by molar-refractivity contribution is 6.07. The predicted molar refractivity (Wildman–Crippen MR) is 101 cm³/mol. The van der Waals surface area contributed by atoms with Crippen molar-refractivity contribution in [2.24, 2.45) is 0 Å². The minimum absolute atomic E-state index is 0.148. The number of aryl methyl sites for hydroxylation is 2. The second-order valence-electron chi connectivity index (χ2n) is 7.38. The molecule has 0 spiro atoms. The van der Waals surface area contributed by atoms with E-state index < -0.39 is 35.2 Å². The number of ether oxygens (including phenoxy) is 1. The SMILES string of the molecule is Cc1cc(C)cc(OC[C@@H](O)CN2C(=O)N[C@@](C)(c3cc(F)ccc3F)C2=O)c1. The van der Waals surface area contributed by atoms with Crippen LogP contribution in [0.2, 0.25) is 0 Å². The number of nitrogens with one attached hydrogen (secondary N) is 1. The maximum Gasteiger partial charge on any atom is 0.325 e. The van der Waals surface area contributed by atoms with Crippen molar-refractivity contribution in [3.8, 4) is 5.75 Å². The Balaban J connectivity index is 1.70. The number of hydrogen-bond donors (Lipinski definition) is 2. The molecule has 6 nitrogen and oxygen atoms in total. The summed E-state index contributed by atoms with van der Waals surface area (Å²) < 4.78 is 33.3. The van der Waals surface area contributed by atoms with Gasteiger partial charge in [-0.1, -0.05) is 6.07 Å². The van der Waals surface area contributed by atoms with E-state index in [4.69, 9.17) is 4.74 Å². The van der Waals surface area contributed by atoms with E-state index in [9.17, 15) is 23.5 Å². The van der Waals surface area contributed by atoms with Gasteiger partial charge >= 0.3 is 6.03 Å². The molecule has 2 N–H and O–H groups in total. The van der Waals surface area contributed by atoms with Crippen LogP contribution in [0.4, 0.5) is 13.6 Å². The summed E-state index contributed by atoms with van der Waals surface area (Å²) in [4.78, 5) is 25.9. The first-order valence-electron chi connectivity index (χ1n) is 9.09. The van der Waals surface area contributed by atoms with Gasteiger partial charge in [0.1, 0.15) is 35.6 Å². The van der Waals surface area contributed by atoms with Gasteiger partial charge < -0.3 is 15.2 Å². The largest absolute Gasteiger partial charge is 0.491 e. The second-order valence-corrected chi connectivity index (χ2v) is 7.38. The number of carbonyl (C=O) groups excluding carboxylic acids is 2. The average Bonchev–Trinajstić information content (AvgIpc) is 2.85. The van der Waals surface area contributed by atoms with Gasteiger partial charge in [0.2, 0.25) is 0 Å². The average molecular weight is 404 g/mol. The molecular weight excluding hydrogens is 382 g/mol. The van der Waals surface area contributed by atoms with Gasteiger partial charge in [0, 0.05) is 5.56 Å². The molecular formula is C21H22F2N2O4. The normalized spacial score (nSPS) is 20.0. The van der Waals surface area contributed by atoms with Crippen LogP contribution in [-0.4, -0.2) is 41.2 Å². The molecule has 29 heavy (non-hydrogen) atoms. The van der Waals surface area contributed by atoms with Crippen LogP contribution < -0.4 is 10.1 Å². The monoisotopic (exact) mass is 404 g/mol. The van der Waals surface area contributed by atoms with Crippen LogP contribution in [0.3, 0.4) is 0 Å². The molecule has 3 amide bonds. The molecule has 0 aliphatic carbocycles. The Morgan fingerprint density at radius 2 is 1.79 bits per heavy atom.